The monoisotopic (exact) mass is 505 g/mol. The van der Waals surface area contributed by atoms with Crippen LogP contribution in [0.1, 0.15) is 38.2 Å². The molecule has 1 aliphatic carbocycles. The summed E-state index contributed by atoms with van der Waals surface area (Å²) >= 11 is 0. The molecular formula is C25H32FN3O5S. The maximum atomic E-state index is 13.5. The van der Waals surface area contributed by atoms with E-state index in [0.29, 0.717) is 11.3 Å². The first-order valence-electron chi connectivity index (χ1n) is 11.5. The molecule has 2 aromatic carbocycles. The van der Waals surface area contributed by atoms with E-state index in [4.69, 9.17) is 4.74 Å². The van der Waals surface area contributed by atoms with Crippen LogP contribution in [0.5, 0.6) is 5.75 Å². The Morgan fingerprint density at radius 1 is 1.14 bits per heavy atom. The number of nitrogens with one attached hydrogen (secondary N) is 1. The summed E-state index contributed by atoms with van der Waals surface area (Å²) in [5, 5.41) is 3.00. The van der Waals surface area contributed by atoms with Crippen molar-refractivity contribution in [1.82, 2.24) is 10.2 Å². The van der Waals surface area contributed by atoms with Crippen molar-refractivity contribution in [2.24, 2.45) is 0 Å². The van der Waals surface area contributed by atoms with Crippen molar-refractivity contribution in [1.29, 1.82) is 0 Å². The molecule has 190 valence electrons. The van der Waals surface area contributed by atoms with Gasteiger partial charge in [-0.05, 0) is 49.6 Å². The van der Waals surface area contributed by atoms with Gasteiger partial charge in [0.15, 0.2) is 0 Å². The Morgan fingerprint density at radius 2 is 1.80 bits per heavy atom. The van der Waals surface area contributed by atoms with E-state index in [0.717, 1.165) is 36.2 Å². The third kappa shape index (κ3) is 7.17. The fourth-order valence-corrected chi connectivity index (χ4v) is 4.98. The lowest BCUT2D eigenvalue weighted by Crippen LogP contribution is -2.52. The lowest BCUT2D eigenvalue weighted by atomic mass is 10.1. The number of sulfonamides is 1. The van der Waals surface area contributed by atoms with E-state index >= 15 is 0 Å². The van der Waals surface area contributed by atoms with E-state index in [1.165, 1.54) is 42.3 Å². The van der Waals surface area contributed by atoms with Crippen molar-refractivity contribution in [3.63, 3.8) is 0 Å². The van der Waals surface area contributed by atoms with Crippen LogP contribution >= 0.6 is 0 Å². The Morgan fingerprint density at radius 3 is 2.40 bits per heavy atom. The quantitative estimate of drug-likeness (QED) is 0.535. The summed E-state index contributed by atoms with van der Waals surface area (Å²) in [4.78, 5) is 27.9. The van der Waals surface area contributed by atoms with Crippen LogP contribution in [0.25, 0.3) is 0 Å². The predicted octanol–water partition coefficient (Wildman–Crippen LogP) is 3.08. The number of anilines is 1. The van der Waals surface area contributed by atoms with Gasteiger partial charge in [0.2, 0.25) is 21.8 Å². The summed E-state index contributed by atoms with van der Waals surface area (Å²) in [5.41, 5.74) is 0.887. The summed E-state index contributed by atoms with van der Waals surface area (Å²) < 4.78 is 44.8. The lowest BCUT2D eigenvalue weighted by molar-refractivity contribution is -0.139. The van der Waals surface area contributed by atoms with Crippen molar-refractivity contribution in [2.45, 2.75) is 51.2 Å². The zero-order valence-corrected chi connectivity index (χ0v) is 21.1. The Kier molecular flexibility index (Phi) is 8.71. The second-order valence-corrected chi connectivity index (χ2v) is 10.7. The standard InChI is InChI=1S/C25H32FN3O5S/c1-18(25(31)27-21-7-4-5-8-21)28(16-19-11-13-20(26)14-12-19)24(30)17-29(35(3,32)33)22-9-6-10-23(15-22)34-2/h6,9-15,18,21H,4-5,7-8,16-17H2,1-3H3,(H,27,31)/t18-/m1/s1. The number of amides is 2. The predicted molar refractivity (Wildman–Crippen MR) is 132 cm³/mol. The zero-order valence-electron chi connectivity index (χ0n) is 20.2. The van der Waals surface area contributed by atoms with Crippen LogP contribution in [0.15, 0.2) is 48.5 Å². The maximum absolute atomic E-state index is 13.5. The molecule has 1 atom stereocenters. The molecule has 0 aliphatic heterocycles. The minimum atomic E-state index is -3.83. The maximum Gasteiger partial charge on any atom is 0.244 e. The van der Waals surface area contributed by atoms with Crippen LogP contribution in [0.4, 0.5) is 10.1 Å². The van der Waals surface area contributed by atoms with E-state index < -0.39 is 34.3 Å². The minimum Gasteiger partial charge on any atom is -0.497 e. The molecule has 1 fully saturated rings. The molecule has 35 heavy (non-hydrogen) atoms. The van der Waals surface area contributed by atoms with Crippen molar-refractivity contribution >= 4 is 27.5 Å². The average molecular weight is 506 g/mol. The van der Waals surface area contributed by atoms with Crippen LogP contribution in [0.2, 0.25) is 0 Å². The fourth-order valence-electron chi connectivity index (χ4n) is 4.14. The fraction of sp³-hybridized carbons (Fsp3) is 0.440. The molecule has 1 aliphatic rings. The zero-order chi connectivity index (χ0) is 25.6. The molecule has 0 spiro atoms. The van der Waals surface area contributed by atoms with Gasteiger partial charge < -0.3 is 15.0 Å². The number of hydrogen-bond donors (Lipinski definition) is 1. The van der Waals surface area contributed by atoms with Gasteiger partial charge in [0.25, 0.3) is 0 Å². The number of halogens is 1. The SMILES string of the molecule is COc1cccc(N(CC(=O)N(Cc2ccc(F)cc2)[C@H](C)C(=O)NC2CCCC2)S(C)(=O)=O)c1. The molecule has 2 amide bonds. The van der Waals surface area contributed by atoms with Gasteiger partial charge in [-0.1, -0.05) is 31.0 Å². The third-order valence-electron chi connectivity index (χ3n) is 6.16. The smallest absolute Gasteiger partial charge is 0.244 e. The number of methoxy groups -OCH3 is 1. The van der Waals surface area contributed by atoms with Crippen molar-refractivity contribution in [3.8, 4) is 5.75 Å². The molecule has 1 N–H and O–H groups in total. The summed E-state index contributed by atoms with van der Waals surface area (Å²) in [6, 6.07) is 11.2. The minimum absolute atomic E-state index is 0.0219. The van der Waals surface area contributed by atoms with Crippen molar-refractivity contribution in [2.75, 3.05) is 24.2 Å². The first-order valence-corrected chi connectivity index (χ1v) is 13.4. The van der Waals surface area contributed by atoms with Gasteiger partial charge in [-0.2, -0.15) is 0 Å². The van der Waals surface area contributed by atoms with Crippen LogP contribution in [-0.2, 0) is 26.2 Å². The highest BCUT2D eigenvalue weighted by atomic mass is 32.2. The van der Waals surface area contributed by atoms with Gasteiger partial charge in [-0.15, -0.1) is 0 Å². The highest BCUT2D eigenvalue weighted by molar-refractivity contribution is 7.92. The number of rotatable bonds is 10. The molecule has 0 heterocycles. The van der Waals surface area contributed by atoms with E-state index in [2.05, 4.69) is 5.32 Å². The number of carbonyl (C=O) groups excluding carboxylic acids is 2. The molecule has 1 saturated carbocycles. The van der Waals surface area contributed by atoms with E-state index in [1.807, 2.05) is 0 Å². The first-order chi connectivity index (χ1) is 16.6. The van der Waals surface area contributed by atoms with Crippen LogP contribution in [0.3, 0.4) is 0 Å². The molecule has 0 radical (unpaired) electrons. The Hall–Kier alpha value is -3.14. The molecule has 0 aromatic heterocycles. The molecule has 0 bridgehead atoms. The number of nitrogens with zero attached hydrogens (tertiary/aromatic N) is 2. The van der Waals surface area contributed by atoms with Gasteiger partial charge in [0.1, 0.15) is 24.2 Å². The van der Waals surface area contributed by atoms with E-state index in [1.54, 1.807) is 25.1 Å². The van der Waals surface area contributed by atoms with Gasteiger partial charge in [0, 0.05) is 18.7 Å². The van der Waals surface area contributed by atoms with Gasteiger partial charge in [-0.3, -0.25) is 13.9 Å². The summed E-state index contributed by atoms with van der Waals surface area (Å²) in [5.74, 6) is -0.840. The molecule has 10 heteroatoms. The second kappa shape index (κ2) is 11.5. The summed E-state index contributed by atoms with van der Waals surface area (Å²) in [6.45, 7) is 1.13. The van der Waals surface area contributed by atoms with Crippen LogP contribution < -0.4 is 14.4 Å². The number of benzene rings is 2. The Labute approximate surface area is 206 Å². The molecule has 0 saturated heterocycles. The third-order valence-corrected chi connectivity index (χ3v) is 7.30. The summed E-state index contributed by atoms with van der Waals surface area (Å²) in [7, 11) is -2.37. The van der Waals surface area contributed by atoms with E-state index in [-0.39, 0.29) is 24.2 Å². The molecular weight excluding hydrogens is 473 g/mol. The second-order valence-electron chi connectivity index (χ2n) is 8.79. The largest absolute Gasteiger partial charge is 0.497 e. The number of carbonyl (C=O) groups is 2. The van der Waals surface area contributed by atoms with Crippen LogP contribution in [0, 0.1) is 5.82 Å². The average Bonchev–Trinajstić information content (AvgIpc) is 3.33. The first kappa shape index (κ1) is 26.5. The van der Waals surface area contributed by atoms with Crippen LogP contribution in [-0.4, -0.2) is 57.1 Å². The molecule has 8 nitrogen and oxygen atoms in total. The van der Waals surface area contributed by atoms with Gasteiger partial charge >= 0.3 is 0 Å². The van der Waals surface area contributed by atoms with Crippen molar-refractivity contribution < 1.29 is 27.1 Å². The summed E-state index contributed by atoms with van der Waals surface area (Å²) in [6.07, 6.45) is 4.88. The topological polar surface area (TPSA) is 96.0 Å². The van der Waals surface area contributed by atoms with Gasteiger partial charge in [0.05, 0.1) is 19.1 Å². The Balaban J connectivity index is 1.88. The van der Waals surface area contributed by atoms with Gasteiger partial charge in [-0.25, -0.2) is 12.8 Å². The Bertz CT molecular complexity index is 1130. The normalized spacial score (nSPS) is 14.9. The number of ether oxygens (including phenoxy) is 1. The number of hydrogen-bond acceptors (Lipinski definition) is 5. The highest BCUT2D eigenvalue weighted by Gasteiger charge is 2.31. The molecule has 0 unspecified atom stereocenters. The van der Waals surface area contributed by atoms with Crippen molar-refractivity contribution in [3.05, 3.63) is 59.9 Å². The lowest BCUT2D eigenvalue weighted by Gasteiger charge is -2.32. The molecule has 3 rings (SSSR count). The molecule has 2 aromatic rings. The van der Waals surface area contributed by atoms with E-state index in [9.17, 15) is 22.4 Å². The highest BCUT2D eigenvalue weighted by Crippen LogP contribution is 2.24.